The lowest BCUT2D eigenvalue weighted by Gasteiger charge is -2.43. The molecule has 2 aliphatic heterocycles. The average Bonchev–Trinajstić information content (AvgIpc) is 3.73. The molecule has 1 saturated heterocycles. The number of thioether (sulfide) groups is 1. The van der Waals surface area contributed by atoms with E-state index in [1.165, 1.54) is 16.2 Å². The summed E-state index contributed by atoms with van der Waals surface area (Å²) in [7, 11) is 0. The number of H-pyrrole nitrogens is 1. The minimum atomic E-state index is -0.377. The van der Waals surface area contributed by atoms with E-state index in [0.29, 0.717) is 28.1 Å². The number of hydrogen-bond donors (Lipinski definition) is 1. The predicted molar refractivity (Wildman–Crippen MR) is 169 cm³/mol. The summed E-state index contributed by atoms with van der Waals surface area (Å²) in [5.41, 5.74) is 3.59. The molecule has 6 unspecified atom stereocenters. The summed E-state index contributed by atoms with van der Waals surface area (Å²) < 4.78 is 6.41. The minimum absolute atomic E-state index is 0.00199. The molecule has 3 fully saturated rings. The number of nitrogens with one attached hydrogen (secondary N) is 1. The maximum Gasteiger partial charge on any atom is 0.305 e. The SMILES string of the molecule is Cc1ccc(N2C(=O)C3C4CC(C3C2=O)C2C4Sc3[nH]c(=O)sc3[C@@H]2c2cc(Cl)ccc2OCc2ccc(Cl)cc2)cc1. The Labute approximate surface area is 266 Å². The van der Waals surface area contributed by atoms with Crippen molar-refractivity contribution in [1.29, 1.82) is 0 Å². The number of amides is 2. The van der Waals surface area contributed by atoms with Gasteiger partial charge in [-0.15, -0.1) is 11.8 Å². The van der Waals surface area contributed by atoms with Crippen LogP contribution < -0.4 is 14.5 Å². The molecule has 218 valence electrons. The van der Waals surface area contributed by atoms with Gasteiger partial charge >= 0.3 is 4.87 Å². The number of imide groups is 1. The van der Waals surface area contributed by atoms with E-state index in [-0.39, 0.29) is 57.4 Å². The van der Waals surface area contributed by atoms with Crippen molar-refractivity contribution in [1.82, 2.24) is 4.98 Å². The van der Waals surface area contributed by atoms with Crippen LogP contribution in [0.4, 0.5) is 5.69 Å². The zero-order valence-electron chi connectivity index (χ0n) is 23.0. The van der Waals surface area contributed by atoms with Gasteiger partial charge in [0.15, 0.2) is 0 Å². The second-order valence-electron chi connectivity index (χ2n) is 11.9. The van der Waals surface area contributed by atoms with Gasteiger partial charge in [0.05, 0.1) is 22.5 Å². The summed E-state index contributed by atoms with van der Waals surface area (Å²) >= 11 is 15.6. The third kappa shape index (κ3) is 4.32. The highest BCUT2D eigenvalue weighted by molar-refractivity contribution is 8.00. The number of rotatable bonds is 5. The second kappa shape index (κ2) is 10.3. The van der Waals surface area contributed by atoms with E-state index >= 15 is 0 Å². The fraction of sp³-hybridized carbons (Fsp3) is 0.303. The molecule has 4 aromatic rings. The summed E-state index contributed by atoms with van der Waals surface area (Å²) in [6.45, 7) is 2.33. The first kappa shape index (κ1) is 27.5. The van der Waals surface area contributed by atoms with Crippen LogP contribution in [0.1, 0.15) is 33.9 Å². The van der Waals surface area contributed by atoms with Crippen molar-refractivity contribution < 1.29 is 14.3 Å². The Bertz CT molecular complexity index is 1840. The Morgan fingerprint density at radius 2 is 1.60 bits per heavy atom. The molecular weight excluding hydrogens is 623 g/mol. The minimum Gasteiger partial charge on any atom is -0.489 e. The third-order valence-electron chi connectivity index (χ3n) is 9.63. The number of nitrogens with zero attached hydrogens (tertiary/aromatic N) is 1. The molecule has 4 aliphatic rings. The highest BCUT2D eigenvalue weighted by Gasteiger charge is 2.69. The van der Waals surface area contributed by atoms with Gasteiger partial charge in [0.25, 0.3) is 0 Å². The summed E-state index contributed by atoms with van der Waals surface area (Å²) in [6, 6.07) is 20.8. The van der Waals surface area contributed by atoms with Gasteiger partial charge in [-0.3, -0.25) is 19.3 Å². The molecule has 0 radical (unpaired) electrons. The number of benzene rings is 3. The van der Waals surface area contributed by atoms with Crippen LogP contribution in [-0.2, 0) is 16.2 Å². The summed E-state index contributed by atoms with van der Waals surface area (Å²) in [5, 5.41) is 2.16. The number of anilines is 1. The predicted octanol–water partition coefficient (Wildman–Crippen LogP) is 7.31. The number of aromatic nitrogens is 1. The van der Waals surface area contributed by atoms with E-state index in [2.05, 4.69) is 4.98 Å². The highest BCUT2D eigenvalue weighted by Crippen LogP contribution is 2.69. The summed E-state index contributed by atoms with van der Waals surface area (Å²) in [5.74, 6) is -0.355. The normalized spacial score (nSPS) is 28.6. The number of ether oxygens (including phenoxy) is 1. The number of hydrogen-bond acceptors (Lipinski definition) is 6. The van der Waals surface area contributed by atoms with E-state index < -0.39 is 0 Å². The molecule has 6 nitrogen and oxygen atoms in total. The van der Waals surface area contributed by atoms with Crippen LogP contribution in [0.3, 0.4) is 0 Å². The summed E-state index contributed by atoms with van der Waals surface area (Å²) in [4.78, 5) is 45.9. The fourth-order valence-corrected chi connectivity index (χ4v) is 11.1. The number of carbonyl (C=O) groups is 2. The van der Waals surface area contributed by atoms with E-state index in [0.717, 1.165) is 33.0 Å². The molecule has 43 heavy (non-hydrogen) atoms. The Morgan fingerprint density at radius 1 is 0.907 bits per heavy atom. The van der Waals surface area contributed by atoms with Crippen molar-refractivity contribution in [3.63, 3.8) is 0 Å². The molecule has 2 aliphatic carbocycles. The fourth-order valence-electron chi connectivity index (χ4n) is 7.95. The van der Waals surface area contributed by atoms with Crippen LogP contribution in [0, 0.1) is 36.5 Å². The van der Waals surface area contributed by atoms with Crippen LogP contribution in [0.2, 0.25) is 10.0 Å². The number of halogens is 2. The third-order valence-corrected chi connectivity index (χ3v) is 12.7. The zero-order chi connectivity index (χ0) is 29.6. The maximum absolute atomic E-state index is 14.0. The van der Waals surface area contributed by atoms with Gasteiger partial charge in [-0.25, -0.2) is 0 Å². The van der Waals surface area contributed by atoms with Crippen molar-refractivity contribution >= 4 is 63.8 Å². The van der Waals surface area contributed by atoms with Gasteiger partial charge in [-0.2, -0.15) is 0 Å². The molecule has 10 heteroatoms. The lowest BCUT2D eigenvalue weighted by molar-refractivity contribution is -0.123. The van der Waals surface area contributed by atoms with Crippen LogP contribution in [0.15, 0.2) is 76.6 Å². The Balaban J connectivity index is 1.20. The second-order valence-corrected chi connectivity index (χ2v) is 15.0. The van der Waals surface area contributed by atoms with Gasteiger partial charge in [-0.05, 0) is 79.1 Å². The lowest BCUT2D eigenvalue weighted by Crippen LogP contribution is -2.42. The molecule has 2 bridgehead atoms. The van der Waals surface area contributed by atoms with Crippen LogP contribution >= 0.6 is 46.3 Å². The molecule has 8 rings (SSSR count). The van der Waals surface area contributed by atoms with E-state index in [9.17, 15) is 14.4 Å². The average molecular weight is 650 g/mol. The first-order valence-electron chi connectivity index (χ1n) is 14.3. The lowest BCUT2D eigenvalue weighted by atomic mass is 9.68. The molecule has 2 saturated carbocycles. The molecule has 7 atom stereocenters. The van der Waals surface area contributed by atoms with Crippen molar-refractivity contribution in [2.45, 2.75) is 36.1 Å². The van der Waals surface area contributed by atoms with Crippen LogP contribution in [-0.4, -0.2) is 22.0 Å². The smallest absolute Gasteiger partial charge is 0.305 e. The van der Waals surface area contributed by atoms with Crippen molar-refractivity contribution in [3.8, 4) is 5.75 Å². The van der Waals surface area contributed by atoms with Crippen molar-refractivity contribution in [2.75, 3.05) is 4.90 Å². The maximum atomic E-state index is 14.0. The van der Waals surface area contributed by atoms with Crippen LogP contribution in [0.5, 0.6) is 5.75 Å². The van der Waals surface area contributed by atoms with Gasteiger partial charge in [-0.1, -0.05) is 64.4 Å². The number of carbonyl (C=O) groups excluding carboxylic acids is 2. The number of aryl methyl sites for hydroxylation is 1. The monoisotopic (exact) mass is 648 g/mol. The van der Waals surface area contributed by atoms with Crippen molar-refractivity contribution in [3.05, 3.63) is 108 Å². The topological polar surface area (TPSA) is 79.5 Å². The summed E-state index contributed by atoms with van der Waals surface area (Å²) in [6.07, 6.45) is 0.814. The largest absolute Gasteiger partial charge is 0.489 e. The molecule has 1 N–H and O–H groups in total. The van der Waals surface area contributed by atoms with Crippen LogP contribution in [0.25, 0.3) is 0 Å². The number of aromatic amines is 1. The first-order chi connectivity index (χ1) is 20.8. The molecule has 3 aromatic carbocycles. The van der Waals surface area contributed by atoms with Gasteiger partial charge in [0.1, 0.15) is 12.4 Å². The van der Waals surface area contributed by atoms with Gasteiger partial charge in [0, 0.05) is 31.7 Å². The van der Waals surface area contributed by atoms with Gasteiger partial charge in [0.2, 0.25) is 11.8 Å². The molecule has 2 amide bonds. The van der Waals surface area contributed by atoms with E-state index in [1.807, 2.05) is 73.7 Å². The zero-order valence-corrected chi connectivity index (χ0v) is 26.1. The number of thiazole rings is 1. The molecular formula is C33H26Cl2N2O4S2. The standard InChI is InChI=1S/C33H26Cl2N2O4S2/c1-15-2-9-19(10-3-15)37-31(38)26-21-13-22(27(26)32(37)39)28-25(21)24(29-30(42-28)36-33(40)43-29)20-12-18(35)8-11-23(20)41-14-16-4-6-17(34)7-5-16/h2-12,21-22,24-28H,13-14H2,1H3,(H,36,40)/t21?,22?,24-,25?,26?,27?,28?/m1/s1. The Morgan fingerprint density at radius 3 is 2.35 bits per heavy atom. The van der Waals surface area contributed by atoms with E-state index in [1.54, 1.807) is 11.8 Å². The number of fused-ring (bicyclic) bond motifs is 9. The van der Waals surface area contributed by atoms with E-state index in [4.69, 9.17) is 27.9 Å². The Kier molecular flexibility index (Phi) is 6.56. The quantitative estimate of drug-likeness (QED) is 0.230. The molecule has 1 aromatic heterocycles. The molecule has 3 heterocycles. The Hall–Kier alpha value is -3.04. The van der Waals surface area contributed by atoms with Gasteiger partial charge < -0.3 is 9.72 Å². The van der Waals surface area contributed by atoms with Crippen molar-refractivity contribution in [2.24, 2.45) is 29.6 Å². The highest BCUT2D eigenvalue weighted by atomic mass is 35.5. The first-order valence-corrected chi connectivity index (χ1v) is 16.7. The molecule has 0 spiro atoms.